The Morgan fingerprint density at radius 1 is 0.963 bits per heavy atom. The van der Waals surface area contributed by atoms with Crippen molar-refractivity contribution in [2.24, 2.45) is 0 Å². The summed E-state index contributed by atoms with van der Waals surface area (Å²) < 4.78 is 5.42. The fraction of sp³-hybridized carbons (Fsp3) is 0.409. The first-order chi connectivity index (χ1) is 13.3. The molecular formula is C22H27N3O2. The van der Waals surface area contributed by atoms with Crippen molar-refractivity contribution in [1.29, 1.82) is 0 Å². The van der Waals surface area contributed by atoms with Crippen LogP contribution in [0.25, 0.3) is 0 Å². The summed E-state index contributed by atoms with van der Waals surface area (Å²) in [5.74, 6) is -0.0580. The number of carbonyl (C=O) groups is 1. The first-order valence-electron chi connectivity index (χ1n) is 9.83. The molecule has 4 rings (SSSR count). The lowest BCUT2D eigenvalue weighted by Crippen LogP contribution is -2.36. The van der Waals surface area contributed by atoms with Crippen LogP contribution in [0, 0.1) is 0 Å². The third-order valence-corrected chi connectivity index (χ3v) is 5.27. The minimum atomic E-state index is -0.0580. The summed E-state index contributed by atoms with van der Waals surface area (Å²) in [6.45, 7) is 6.51. The first kappa shape index (κ1) is 18.0. The molecule has 0 saturated carbocycles. The van der Waals surface area contributed by atoms with Crippen LogP contribution in [0.15, 0.2) is 48.5 Å². The van der Waals surface area contributed by atoms with Crippen LogP contribution < -0.4 is 10.2 Å². The van der Waals surface area contributed by atoms with Gasteiger partial charge in [0.2, 0.25) is 0 Å². The lowest BCUT2D eigenvalue weighted by molar-refractivity contribution is 0.102. The summed E-state index contributed by atoms with van der Waals surface area (Å²) >= 11 is 0. The van der Waals surface area contributed by atoms with Crippen molar-refractivity contribution in [3.05, 3.63) is 59.7 Å². The molecule has 142 valence electrons. The molecule has 2 heterocycles. The highest BCUT2D eigenvalue weighted by Crippen LogP contribution is 2.21. The minimum Gasteiger partial charge on any atom is -0.378 e. The lowest BCUT2D eigenvalue weighted by Gasteiger charge is -2.29. The van der Waals surface area contributed by atoms with E-state index in [9.17, 15) is 4.79 Å². The molecule has 0 bridgehead atoms. The third kappa shape index (κ3) is 4.67. The molecule has 1 N–H and O–H groups in total. The smallest absolute Gasteiger partial charge is 0.255 e. The van der Waals surface area contributed by atoms with E-state index < -0.39 is 0 Å². The number of rotatable bonds is 5. The van der Waals surface area contributed by atoms with Gasteiger partial charge in [-0.15, -0.1) is 0 Å². The molecular weight excluding hydrogens is 338 g/mol. The first-order valence-corrected chi connectivity index (χ1v) is 9.83. The molecule has 2 aliphatic rings. The monoisotopic (exact) mass is 365 g/mol. The molecule has 2 aliphatic heterocycles. The van der Waals surface area contributed by atoms with Gasteiger partial charge in [0, 0.05) is 36.6 Å². The van der Waals surface area contributed by atoms with Crippen molar-refractivity contribution in [2.75, 3.05) is 49.6 Å². The van der Waals surface area contributed by atoms with Gasteiger partial charge in [-0.1, -0.05) is 18.2 Å². The van der Waals surface area contributed by atoms with Crippen molar-refractivity contribution in [3.63, 3.8) is 0 Å². The van der Waals surface area contributed by atoms with Gasteiger partial charge < -0.3 is 15.0 Å². The normalized spacial score (nSPS) is 17.9. The van der Waals surface area contributed by atoms with E-state index in [0.717, 1.165) is 57.3 Å². The van der Waals surface area contributed by atoms with Crippen LogP contribution in [0.1, 0.15) is 28.8 Å². The maximum absolute atomic E-state index is 12.7. The molecule has 0 atom stereocenters. The summed E-state index contributed by atoms with van der Waals surface area (Å²) in [4.78, 5) is 17.5. The molecule has 27 heavy (non-hydrogen) atoms. The number of likely N-dealkylation sites (tertiary alicyclic amines) is 1. The van der Waals surface area contributed by atoms with E-state index in [1.54, 1.807) is 0 Å². The third-order valence-electron chi connectivity index (χ3n) is 5.27. The number of morpholine rings is 1. The van der Waals surface area contributed by atoms with Crippen LogP contribution in [0.5, 0.6) is 0 Å². The van der Waals surface area contributed by atoms with Crippen molar-refractivity contribution < 1.29 is 9.53 Å². The molecule has 2 fully saturated rings. The maximum atomic E-state index is 12.7. The predicted octanol–water partition coefficient (Wildman–Crippen LogP) is 3.37. The molecule has 2 saturated heterocycles. The van der Waals surface area contributed by atoms with Gasteiger partial charge >= 0.3 is 0 Å². The zero-order chi connectivity index (χ0) is 18.5. The number of hydrogen-bond acceptors (Lipinski definition) is 4. The Balaban J connectivity index is 1.42. The summed E-state index contributed by atoms with van der Waals surface area (Å²) in [5, 5.41) is 3.05. The standard InChI is InChI=1S/C22H27N3O2/c26-22(19-6-3-5-18(15-19)17-24-9-1-2-10-24)23-20-7-4-8-21(16-20)25-11-13-27-14-12-25/h3-8,15-16H,1-2,9-14,17H2,(H,23,26). The Morgan fingerprint density at radius 2 is 1.74 bits per heavy atom. The zero-order valence-electron chi connectivity index (χ0n) is 15.7. The maximum Gasteiger partial charge on any atom is 0.255 e. The van der Waals surface area contributed by atoms with Crippen LogP contribution in [-0.2, 0) is 11.3 Å². The van der Waals surface area contributed by atoms with Crippen LogP contribution in [0.4, 0.5) is 11.4 Å². The number of nitrogens with zero attached hydrogens (tertiary/aromatic N) is 2. The van der Waals surface area contributed by atoms with Crippen molar-refractivity contribution >= 4 is 17.3 Å². The quantitative estimate of drug-likeness (QED) is 0.882. The summed E-state index contributed by atoms with van der Waals surface area (Å²) in [7, 11) is 0. The molecule has 2 aromatic carbocycles. The van der Waals surface area contributed by atoms with E-state index >= 15 is 0 Å². The molecule has 5 nitrogen and oxygen atoms in total. The molecule has 0 spiro atoms. The van der Waals surface area contributed by atoms with Gasteiger partial charge in [0.1, 0.15) is 0 Å². The van der Waals surface area contributed by atoms with Gasteiger partial charge in [-0.05, 0) is 61.8 Å². The van der Waals surface area contributed by atoms with E-state index in [4.69, 9.17) is 4.74 Å². The Morgan fingerprint density at radius 3 is 2.56 bits per heavy atom. The van der Waals surface area contributed by atoms with Crippen LogP contribution >= 0.6 is 0 Å². The summed E-state index contributed by atoms with van der Waals surface area (Å²) in [6.07, 6.45) is 2.55. The minimum absolute atomic E-state index is 0.0580. The van der Waals surface area contributed by atoms with Gasteiger partial charge in [0.15, 0.2) is 0 Å². The molecule has 0 aromatic heterocycles. The number of anilines is 2. The Bertz CT molecular complexity index is 781. The second-order valence-electron chi connectivity index (χ2n) is 7.29. The topological polar surface area (TPSA) is 44.8 Å². The second-order valence-corrected chi connectivity index (χ2v) is 7.29. The Labute approximate surface area is 160 Å². The highest BCUT2D eigenvalue weighted by molar-refractivity contribution is 6.04. The number of carbonyl (C=O) groups excluding carboxylic acids is 1. The molecule has 2 aromatic rings. The van der Waals surface area contributed by atoms with Gasteiger partial charge in [0.05, 0.1) is 13.2 Å². The van der Waals surface area contributed by atoms with E-state index in [1.807, 2.05) is 36.4 Å². The van der Waals surface area contributed by atoms with E-state index in [2.05, 4.69) is 27.2 Å². The number of ether oxygens (including phenoxy) is 1. The Hall–Kier alpha value is -2.37. The average molecular weight is 365 g/mol. The fourth-order valence-electron chi connectivity index (χ4n) is 3.82. The molecule has 0 aliphatic carbocycles. The summed E-state index contributed by atoms with van der Waals surface area (Å²) in [5.41, 5.74) is 3.86. The fourth-order valence-corrected chi connectivity index (χ4v) is 3.82. The molecule has 0 unspecified atom stereocenters. The number of amides is 1. The van der Waals surface area contributed by atoms with Gasteiger partial charge in [0.25, 0.3) is 5.91 Å². The number of nitrogens with one attached hydrogen (secondary N) is 1. The van der Waals surface area contributed by atoms with E-state index in [-0.39, 0.29) is 5.91 Å². The summed E-state index contributed by atoms with van der Waals surface area (Å²) in [6, 6.07) is 16.0. The molecule has 5 heteroatoms. The van der Waals surface area contributed by atoms with Crippen LogP contribution in [0.3, 0.4) is 0 Å². The van der Waals surface area contributed by atoms with Gasteiger partial charge in [-0.25, -0.2) is 0 Å². The predicted molar refractivity (Wildman–Crippen MR) is 108 cm³/mol. The van der Waals surface area contributed by atoms with Crippen molar-refractivity contribution in [3.8, 4) is 0 Å². The Kier molecular flexibility index (Phi) is 5.70. The average Bonchev–Trinajstić information content (AvgIpc) is 3.22. The van der Waals surface area contributed by atoms with Crippen LogP contribution in [0.2, 0.25) is 0 Å². The SMILES string of the molecule is O=C(Nc1cccc(N2CCOCC2)c1)c1cccc(CN2CCCC2)c1. The van der Waals surface area contributed by atoms with Gasteiger partial charge in [-0.3, -0.25) is 9.69 Å². The zero-order valence-corrected chi connectivity index (χ0v) is 15.7. The highest BCUT2D eigenvalue weighted by Gasteiger charge is 2.14. The second kappa shape index (κ2) is 8.55. The van der Waals surface area contributed by atoms with E-state index in [0.29, 0.717) is 5.56 Å². The van der Waals surface area contributed by atoms with Crippen molar-refractivity contribution in [2.45, 2.75) is 19.4 Å². The van der Waals surface area contributed by atoms with Crippen LogP contribution in [-0.4, -0.2) is 50.2 Å². The lowest BCUT2D eigenvalue weighted by atomic mass is 10.1. The van der Waals surface area contributed by atoms with E-state index in [1.165, 1.54) is 18.4 Å². The van der Waals surface area contributed by atoms with Gasteiger partial charge in [-0.2, -0.15) is 0 Å². The van der Waals surface area contributed by atoms with Crippen molar-refractivity contribution in [1.82, 2.24) is 4.90 Å². The number of hydrogen-bond donors (Lipinski definition) is 1. The molecule has 0 radical (unpaired) electrons. The largest absolute Gasteiger partial charge is 0.378 e. The highest BCUT2D eigenvalue weighted by atomic mass is 16.5. The number of benzene rings is 2. The molecule has 1 amide bonds.